The highest BCUT2D eigenvalue weighted by atomic mass is 15.3. The van der Waals surface area contributed by atoms with E-state index in [1.807, 2.05) is 23.7 Å². The van der Waals surface area contributed by atoms with Gasteiger partial charge in [0.05, 0.1) is 5.52 Å². The fourth-order valence-electron chi connectivity index (χ4n) is 1.54. The zero-order valence-corrected chi connectivity index (χ0v) is 8.57. The van der Waals surface area contributed by atoms with Gasteiger partial charge in [-0.2, -0.15) is 5.10 Å². The molecular formula is C11H15N3. The van der Waals surface area contributed by atoms with Crippen LogP contribution in [0.4, 0.5) is 0 Å². The van der Waals surface area contributed by atoms with E-state index in [1.54, 1.807) is 0 Å². The second-order valence-electron chi connectivity index (χ2n) is 3.59. The fraction of sp³-hybridized carbons (Fsp3) is 0.364. The van der Waals surface area contributed by atoms with Gasteiger partial charge in [0.15, 0.2) is 0 Å². The molecule has 0 fully saturated rings. The molecule has 3 nitrogen and oxygen atoms in total. The number of aryl methyl sites for hydroxylation is 1. The zero-order valence-electron chi connectivity index (χ0n) is 8.57. The molecule has 0 aliphatic carbocycles. The van der Waals surface area contributed by atoms with Crippen LogP contribution in [0.1, 0.15) is 25.5 Å². The van der Waals surface area contributed by atoms with Crippen LogP contribution in [0.15, 0.2) is 24.4 Å². The number of benzene rings is 1. The summed E-state index contributed by atoms with van der Waals surface area (Å²) in [7, 11) is 0. The van der Waals surface area contributed by atoms with E-state index in [0.29, 0.717) is 0 Å². The first kappa shape index (κ1) is 9.21. The summed E-state index contributed by atoms with van der Waals surface area (Å²) >= 11 is 0. The molecule has 74 valence electrons. The van der Waals surface area contributed by atoms with Crippen molar-refractivity contribution in [2.24, 2.45) is 5.73 Å². The molecule has 2 N–H and O–H groups in total. The van der Waals surface area contributed by atoms with Crippen LogP contribution in [0.2, 0.25) is 0 Å². The molecule has 0 saturated carbocycles. The van der Waals surface area contributed by atoms with Crippen LogP contribution in [-0.4, -0.2) is 9.78 Å². The van der Waals surface area contributed by atoms with Gasteiger partial charge in [-0.15, -0.1) is 0 Å². The summed E-state index contributed by atoms with van der Waals surface area (Å²) in [6, 6.07) is 6.27. The third-order valence-electron chi connectivity index (χ3n) is 2.43. The van der Waals surface area contributed by atoms with Crippen LogP contribution >= 0.6 is 0 Å². The highest BCUT2D eigenvalue weighted by Crippen LogP contribution is 2.17. The third-order valence-corrected chi connectivity index (χ3v) is 2.43. The number of hydrogen-bond acceptors (Lipinski definition) is 2. The second kappa shape index (κ2) is 3.42. The molecule has 0 bridgehead atoms. The maximum Gasteiger partial charge on any atom is 0.0923 e. The van der Waals surface area contributed by atoms with E-state index in [-0.39, 0.29) is 6.04 Å². The Bertz CT molecular complexity index is 443. The van der Waals surface area contributed by atoms with E-state index < -0.39 is 0 Å². The molecule has 1 unspecified atom stereocenters. The predicted molar refractivity (Wildman–Crippen MR) is 58.0 cm³/mol. The molecule has 0 radical (unpaired) electrons. The standard InChI is InChI=1S/C11H15N3/c1-3-14-7-10-6-9(8(2)12)4-5-11(10)13-14/h4-8H,3,12H2,1-2H3. The minimum absolute atomic E-state index is 0.0874. The number of hydrogen-bond donors (Lipinski definition) is 1. The molecule has 1 heterocycles. The van der Waals surface area contributed by atoms with Crippen LogP contribution in [0.25, 0.3) is 10.9 Å². The monoisotopic (exact) mass is 189 g/mol. The van der Waals surface area contributed by atoms with E-state index in [4.69, 9.17) is 5.73 Å². The highest BCUT2D eigenvalue weighted by molar-refractivity contribution is 5.78. The number of nitrogens with two attached hydrogens (primary N) is 1. The Balaban J connectivity index is 2.54. The Morgan fingerprint density at radius 2 is 2.29 bits per heavy atom. The minimum Gasteiger partial charge on any atom is -0.324 e. The van der Waals surface area contributed by atoms with Crippen molar-refractivity contribution in [2.75, 3.05) is 0 Å². The number of aromatic nitrogens is 2. The minimum atomic E-state index is 0.0874. The Labute approximate surface area is 83.5 Å². The van der Waals surface area contributed by atoms with Crippen molar-refractivity contribution in [3.8, 4) is 0 Å². The topological polar surface area (TPSA) is 43.8 Å². The summed E-state index contributed by atoms with van der Waals surface area (Å²) < 4.78 is 1.94. The summed E-state index contributed by atoms with van der Waals surface area (Å²) in [5, 5.41) is 5.58. The molecule has 1 aromatic heterocycles. The Hall–Kier alpha value is -1.35. The number of fused-ring (bicyclic) bond motifs is 1. The molecule has 0 aliphatic heterocycles. The Kier molecular flexibility index (Phi) is 2.25. The molecule has 0 aliphatic rings. The van der Waals surface area contributed by atoms with E-state index >= 15 is 0 Å². The van der Waals surface area contributed by atoms with Gasteiger partial charge < -0.3 is 5.73 Å². The third kappa shape index (κ3) is 1.51. The highest BCUT2D eigenvalue weighted by Gasteiger charge is 2.03. The van der Waals surface area contributed by atoms with Crippen molar-refractivity contribution in [3.05, 3.63) is 30.0 Å². The average Bonchev–Trinajstić information content (AvgIpc) is 2.58. The van der Waals surface area contributed by atoms with Gasteiger partial charge >= 0.3 is 0 Å². The van der Waals surface area contributed by atoms with E-state index in [1.165, 1.54) is 5.39 Å². The van der Waals surface area contributed by atoms with Gasteiger partial charge in [0.1, 0.15) is 0 Å². The molecule has 2 aromatic rings. The average molecular weight is 189 g/mol. The number of rotatable bonds is 2. The second-order valence-corrected chi connectivity index (χ2v) is 3.59. The molecule has 0 amide bonds. The SMILES string of the molecule is CCn1cc2cc(C(C)N)ccc2n1. The molecule has 14 heavy (non-hydrogen) atoms. The lowest BCUT2D eigenvalue weighted by atomic mass is 10.1. The zero-order chi connectivity index (χ0) is 10.1. The maximum absolute atomic E-state index is 5.82. The van der Waals surface area contributed by atoms with Gasteiger partial charge in [-0.25, -0.2) is 0 Å². The van der Waals surface area contributed by atoms with Gasteiger partial charge in [0.25, 0.3) is 0 Å². The summed E-state index contributed by atoms with van der Waals surface area (Å²) in [5.74, 6) is 0. The van der Waals surface area contributed by atoms with Crippen molar-refractivity contribution in [3.63, 3.8) is 0 Å². The van der Waals surface area contributed by atoms with Crippen LogP contribution in [0, 0.1) is 0 Å². The lowest BCUT2D eigenvalue weighted by Crippen LogP contribution is -2.04. The Morgan fingerprint density at radius 1 is 1.50 bits per heavy atom. The van der Waals surface area contributed by atoms with Gasteiger partial charge in [0, 0.05) is 24.2 Å². The predicted octanol–water partition coefficient (Wildman–Crippen LogP) is 2.08. The van der Waals surface area contributed by atoms with Crippen molar-refractivity contribution < 1.29 is 0 Å². The summed E-state index contributed by atoms with van der Waals surface area (Å²) in [6.45, 7) is 4.98. The molecular weight excluding hydrogens is 174 g/mol. The molecule has 3 heteroatoms. The first-order chi connectivity index (χ1) is 6.70. The van der Waals surface area contributed by atoms with Gasteiger partial charge in [-0.1, -0.05) is 6.07 Å². The normalized spacial score (nSPS) is 13.4. The molecule has 0 spiro atoms. The lowest BCUT2D eigenvalue weighted by Gasteiger charge is -2.03. The van der Waals surface area contributed by atoms with E-state index in [9.17, 15) is 0 Å². The fourth-order valence-corrected chi connectivity index (χ4v) is 1.54. The van der Waals surface area contributed by atoms with E-state index in [2.05, 4.69) is 24.3 Å². The Morgan fingerprint density at radius 3 is 2.93 bits per heavy atom. The molecule has 0 saturated heterocycles. The van der Waals surface area contributed by atoms with Crippen LogP contribution in [0.5, 0.6) is 0 Å². The summed E-state index contributed by atoms with van der Waals surface area (Å²) in [5.41, 5.74) is 8.02. The smallest absolute Gasteiger partial charge is 0.0923 e. The van der Waals surface area contributed by atoms with Crippen molar-refractivity contribution in [2.45, 2.75) is 26.4 Å². The molecule has 1 atom stereocenters. The van der Waals surface area contributed by atoms with Gasteiger partial charge in [-0.3, -0.25) is 4.68 Å². The first-order valence-electron chi connectivity index (χ1n) is 4.93. The molecule has 1 aromatic carbocycles. The van der Waals surface area contributed by atoms with Crippen LogP contribution < -0.4 is 5.73 Å². The van der Waals surface area contributed by atoms with Crippen molar-refractivity contribution in [1.29, 1.82) is 0 Å². The van der Waals surface area contributed by atoms with Crippen LogP contribution in [-0.2, 0) is 6.54 Å². The van der Waals surface area contributed by atoms with Crippen molar-refractivity contribution >= 4 is 10.9 Å². The van der Waals surface area contributed by atoms with Crippen LogP contribution in [0.3, 0.4) is 0 Å². The quantitative estimate of drug-likeness (QED) is 0.786. The van der Waals surface area contributed by atoms with Gasteiger partial charge in [0.2, 0.25) is 0 Å². The largest absolute Gasteiger partial charge is 0.324 e. The summed E-state index contributed by atoms with van der Waals surface area (Å²) in [4.78, 5) is 0. The number of nitrogens with zero attached hydrogens (tertiary/aromatic N) is 2. The lowest BCUT2D eigenvalue weighted by molar-refractivity contribution is 0.668. The molecule has 2 rings (SSSR count). The van der Waals surface area contributed by atoms with Crippen molar-refractivity contribution in [1.82, 2.24) is 9.78 Å². The van der Waals surface area contributed by atoms with Gasteiger partial charge in [-0.05, 0) is 31.5 Å². The maximum atomic E-state index is 5.82. The first-order valence-corrected chi connectivity index (χ1v) is 4.93. The van der Waals surface area contributed by atoms with E-state index in [0.717, 1.165) is 17.6 Å². The summed E-state index contributed by atoms with van der Waals surface area (Å²) in [6.07, 6.45) is 2.06.